The number of hydrogen-bond acceptors (Lipinski definition) is 5. The summed E-state index contributed by atoms with van der Waals surface area (Å²) in [5, 5.41) is 25.4. The fraction of sp³-hybridized carbons (Fsp3) is 0.364. The highest BCUT2D eigenvalue weighted by Crippen LogP contribution is 2.18. The van der Waals surface area contributed by atoms with Crippen molar-refractivity contribution < 1.29 is 14.7 Å². The molecule has 1 atom stereocenters. The normalized spacial score (nSPS) is 23.2. The van der Waals surface area contributed by atoms with Crippen LogP contribution in [0.3, 0.4) is 0 Å². The van der Waals surface area contributed by atoms with Gasteiger partial charge in [0.25, 0.3) is 5.78 Å². The van der Waals surface area contributed by atoms with Gasteiger partial charge >= 0.3 is 0 Å². The second-order valence-corrected chi connectivity index (χ2v) is 4.78. The van der Waals surface area contributed by atoms with Crippen molar-refractivity contribution in [2.24, 2.45) is 5.16 Å². The molecule has 1 aliphatic carbocycles. The number of hydrogen-bond donors (Lipinski definition) is 1. The minimum absolute atomic E-state index is 0.306. The molecule has 0 saturated heterocycles. The molecule has 1 heterocycles. The van der Waals surface area contributed by atoms with Crippen molar-refractivity contribution >= 4 is 29.0 Å². The van der Waals surface area contributed by atoms with E-state index in [9.17, 15) is 10.0 Å². The van der Waals surface area contributed by atoms with Crippen LogP contribution in [0.25, 0.3) is 0 Å². The van der Waals surface area contributed by atoms with Crippen LogP contribution in [0.1, 0.15) is 28.9 Å². The predicted octanol–water partition coefficient (Wildman–Crippen LogP) is 1.89. The molecule has 0 aromatic carbocycles. The Morgan fingerprint density at radius 2 is 2.53 bits per heavy atom. The average molecular weight is 252 g/mol. The second kappa shape index (κ2) is 5.09. The fourth-order valence-corrected chi connectivity index (χ4v) is 2.52. The van der Waals surface area contributed by atoms with E-state index in [0.29, 0.717) is 28.2 Å². The molecule has 90 valence electrons. The Morgan fingerprint density at radius 1 is 1.71 bits per heavy atom. The maximum atomic E-state index is 11.8. The van der Waals surface area contributed by atoms with Crippen LogP contribution in [0.5, 0.6) is 0 Å². The number of carbonyl (C=O) groups excluding carboxylic acids is 1. The molecule has 1 saturated carbocycles. The third-order valence-electron chi connectivity index (χ3n) is 2.74. The number of rotatable bonds is 3. The third-order valence-corrected chi connectivity index (χ3v) is 3.62. The molecule has 0 aliphatic heterocycles. The molecule has 0 bridgehead atoms. The van der Waals surface area contributed by atoms with E-state index in [1.807, 2.05) is 0 Å². The van der Waals surface area contributed by atoms with Crippen molar-refractivity contribution in [3.8, 4) is 0 Å². The number of hydroxylamine groups is 1. The van der Waals surface area contributed by atoms with Gasteiger partial charge in [0, 0.05) is 6.42 Å². The van der Waals surface area contributed by atoms with Crippen molar-refractivity contribution in [2.75, 3.05) is 0 Å². The molecule has 6 heteroatoms. The number of carbonyl (C=O) groups is 1. The summed E-state index contributed by atoms with van der Waals surface area (Å²) in [7, 11) is 0. The first-order chi connectivity index (χ1) is 8.22. The van der Waals surface area contributed by atoms with Gasteiger partial charge in [0.1, 0.15) is 5.71 Å². The van der Waals surface area contributed by atoms with E-state index >= 15 is 0 Å². The Kier molecular flexibility index (Phi) is 3.53. The average Bonchev–Trinajstić information content (AvgIpc) is 2.99. The lowest BCUT2D eigenvalue weighted by Crippen LogP contribution is -2.28. The summed E-state index contributed by atoms with van der Waals surface area (Å²) in [6, 6.07) is 2.94. The second-order valence-electron chi connectivity index (χ2n) is 3.83. The first kappa shape index (κ1) is 11.8. The molecule has 1 aromatic rings. The molecule has 0 spiro atoms. The van der Waals surface area contributed by atoms with Crippen LogP contribution in [0.15, 0.2) is 22.7 Å². The van der Waals surface area contributed by atoms with Gasteiger partial charge in [-0.05, 0) is 24.3 Å². The Bertz CT molecular complexity index is 465. The minimum Gasteiger partial charge on any atom is -0.623 e. The van der Waals surface area contributed by atoms with E-state index in [1.54, 1.807) is 17.5 Å². The van der Waals surface area contributed by atoms with Gasteiger partial charge in [-0.1, -0.05) is 11.2 Å². The highest BCUT2D eigenvalue weighted by atomic mass is 32.1. The molecule has 1 aromatic heterocycles. The monoisotopic (exact) mass is 252 g/mol. The van der Waals surface area contributed by atoms with Crippen LogP contribution in [-0.2, 0) is 0 Å². The van der Waals surface area contributed by atoms with Gasteiger partial charge in [-0.3, -0.25) is 4.79 Å². The molecule has 5 nitrogen and oxygen atoms in total. The van der Waals surface area contributed by atoms with Crippen molar-refractivity contribution in [3.63, 3.8) is 0 Å². The van der Waals surface area contributed by atoms with E-state index in [2.05, 4.69) is 5.16 Å². The summed E-state index contributed by atoms with van der Waals surface area (Å²) in [6.07, 6.45) is 3.08. The third kappa shape index (κ3) is 2.52. The summed E-state index contributed by atoms with van der Waals surface area (Å²) in [5.41, 5.74) is 0.454. The molecule has 2 rings (SSSR count). The smallest absolute Gasteiger partial charge is 0.259 e. The summed E-state index contributed by atoms with van der Waals surface area (Å²) < 4.78 is 0.601. The van der Waals surface area contributed by atoms with Crippen molar-refractivity contribution in [1.29, 1.82) is 0 Å². The van der Waals surface area contributed by atoms with Gasteiger partial charge in [-0.25, -0.2) is 0 Å². The maximum Gasteiger partial charge on any atom is 0.259 e. The summed E-state index contributed by atoms with van der Waals surface area (Å²) in [6.45, 7) is 0. The molecule has 17 heavy (non-hydrogen) atoms. The van der Waals surface area contributed by atoms with Gasteiger partial charge in [0.15, 0.2) is 0 Å². The van der Waals surface area contributed by atoms with E-state index in [0.717, 1.165) is 12.6 Å². The first-order valence-corrected chi connectivity index (χ1v) is 6.19. The maximum absolute atomic E-state index is 11.8. The number of oxime groups is 1. The van der Waals surface area contributed by atoms with E-state index < -0.39 is 6.04 Å². The van der Waals surface area contributed by atoms with Gasteiger partial charge in [0.2, 0.25) is 12.3 Å². The standard InChI is InChI=1S/C11H12N2O3S/c14-10(11-5-2-6-17-11)7-13(16)9-4-1-3-8(9)12-15/h2,5-7,9,15H,1,3-4H2/b12-8+,13-7-/t9-/m1/s1. The molecule has 1 N–H and O–H groups in total. The van der Waals surface area contributed by atoms with Crippen LogP contribution >= 0.6 is 11.3 Å². The van der Waals surface area contributed by atoms with Crippen LogP contribution in [-0.4, -0.2) is 33.7 Å². The summed E-state index contributed by atoms with van der Waals surface area (Å²) in [4.78, 5) is 12.2. The lowest BCUT2D eigenvalue weighted by Gasteiger charge is -2.10. The van der Waals surface area contributed by atoms with Gasteiger partial charge in [-0.15, -0.1) is 11.3 Å². The molecular weight excluding hydrogens is 240 g/mol. The Balaban J connectivity index is 2.14. The van der Waals surface area contributed by atoms with Crippen molar-refractivity contribution in [3.05, 3.63) is 27.6 Å². The number of thiophene rings is 1. The Labute approximate surface area is 102 Å². The van der Waals surface area contributed by atoms with Gasteiger partial charge in [-0.2, -0.15) is 4.74 Å². The number of Topliss-reactive ketones (excluding diaryl/α,β-unsaturated/α-hetero) is 1. The van der Waals surface area contributed by atoms with Gasteiger partial charge < -0.3 is 10.4 Å². The highest BCUT2D eigenvalue weighted by Gasteiger charge is 2.30. The molecule has 1 fully saturated rings. The topological polar surface area (TPSA) is 75.7 Å². The minimum atomic E-state index is -0.496. The molecule has 0 amide bonds. The Hall–Kier alpha value is -1.69. The molecule has 1 aliphatic rings. The van der Waals surface area contributed by atoms with Crippen LogP contribution in [0, 0.1) is 5.21 Å². The summed E-state index contributed by atoms with van der Waals surface area (Å²) >= 11 is 1.30. The molecule has 0 unspecified atom stereocenters. The quantitative estimate of drug-likeness (QED) is 0.223. The van der Waals surface area contributed by atoms with Crippen LogP contribution < -0.4 is 0 Å². The van der Waals surface area contributed by atoms with Crippen molar-refractivity contribution in [2.45, 2.75) is 25.3 Å². The van der Waals surface area contributed by atoms with Gasteiger partial charge in [0.05, 0.1) is 4.88 Å². The predicted molar refractivity (Wildman–Crippen MR) is 65.2 cm³/mol. The number of nitrogens with zero attached hydrogens (tertiary/aromatic N) is 2. The first-order valence-electron chi connectivity index (χ1n) is 5.31. The zero-order chi connectivity index (χ0) is 12.3. The van der Waals surface area contributed by atoms with Crippen LogP contribution in [0.2, 0.25) is 0 Å². The van der Waals surface area contributed by atoms with E-state index in [4.69, 9.17) is 5.21 Å². The Morgan fingerprint density at radius 3 is 3.18 bits per heavy atom. The zero-order valence-corrected chi connectivity index (χ0v) is 9.89. The fourth-order valence-electron chi connectivity index (χ4n) is 1.89. The van der Waals surface area contributed by atoms with Crippen molar-refractivity contribution in [1.82, 2.24) is 0 Å². The summed E-state index contributed by atoms with van der Waals surface area (Å²) in [5.74, 6) is -0.306. The van der Waals surface area contributed by atoms with E-state index in [-0.39, 0.29) is 5.78 Å². The molecule has 0 radical (unpaired) electrons. The number of ketones is 1. The SMILES string of the molecule is O=C(/C=[N+](\[O-])[C@@H]1CCC/C1=N\O)c1cccs1. The highest BCUT2D eigenvalue weighted by molar-refractivity contribution is 7.12. The lowest BCUT2D eigenvalue weighted by molar-refractivity contribution is -0.474. The van der Waals surface area contributed by atoms with Crippen LogP contribution in [0.4, 0.5) is 0 Å². The molecular formula is C11H12N2O3S. The zero-order valence-electron chi connectivity index (χ0n) is 9.07. The van der Waals surface area contributed by atoms with E-state index in [1.165, 1.54) is 11.3 Å². The lowest BCUT2D eigenvalue weighted by atomic mass is 10.2. The largest absolute Gasteiger partial charge is 0.623 e.